The Morgan fingerprint density at radius 3 is 2.20 bits per heavy atom. The van der Waals surface area contributed by atoms with Crippen LogP contribution in [0.5, 0.6) is 0 Å². The molecular weight excluding hydrogens is 376 g/mol. The van der Waals surface area contributed by atoms with Crippen molar-refractivity contribution in [3.8, 4) is 0 Å². The van der Waals surface area contributed by atoms with E-state index in [9.17, 15) is 0 Å². The molecule has 2 aromatic rings. The molecule has 0 spiro atoms. The van der Waals surface area contributed by atoms with E-state index in [4.69, 9.17) is 0 Å². The van der Waals surface area contributed by atoms with Crippen molar-refractivity contribution in [3.63, 3.8) is 0 Å². The van der Waals surface area contributed by atoms with Gasteiger partial charge in [0.25, 0.3) is 0 Å². The Hall–Kier alpha value is -2.87. The summed E-state index contributed by atoms with van der Waals surface area (Å²) in [6.45, 7) is 9.97. The first-order valence-corrected chi connectivity index (χ1v) is 10.8. The number of aliphatic imine (C=N–C) groups is 1. The maximum absolute atomic E-state index is 4.51. The molecule has 1 aromatic carbocycles. The van der Waals surface area contributed by atoms with Gasteiger partial charge in [-0.25, -0.2) is 9.97 Å². The first-order chi connectivity index (χ1) is 14.8. The van der Waals surface area contributed by atoms with Crippen LogP contribution in [0.1, 0.15) is 0 Å². The zero-order chi connectivity index (χ0) is 20.6. The first kappa shape index (κ1) is 20.4. The Kier molecular flexibility index (Phi) is 6.97. The van der Waals surface area contributed by atoms with Gasteiger partial charge in [-0.3, -0.25) is 9.89 Å². The summed E-state index contributed by atoms with van der Waals surface area (Å²) in [6.07, 6.45) is 3.62. The van der Waals surface area contributed by atoms with E-state index in [1.54, 1.807) is 0 Å². The molecule has 0 atom stereocenters. The monoisotopic (exact) mass is 408 g/mol. The number of rotatable bonds is 5. The number of anilines is 2. The fraction of sp³-hybridized carbons (Fsp3) is 0.500. The van der Waals surface area contributed by atoms with Crippen molar-refractivity contribution in [2.24, 2.45) is 4.99 Å². The summed E-state index contributed by atoms with van der Waals surface area (Å²) >= 11 is 0. The minimum atomic E-state index is 0.838. The van der Waals surface area contributed by atoms with Crippen molar-refractivity contribution in [3.05, 3.63) is 48.8 Å². The predicted molar refractivity (Wildman–Crippen MR) is 122 cm³/mol. The quantitative estimate of drug-likeness (QED) is 0.585. The van der Waals surface area contributed by atoms with Crippen LogP contribution in [-0.2, 0) is 0 Å². The molecular formula is C22H32N8. The number of para-hydroxylation sites is 1. The Balaban J connectivity index is 1.17. The van der Waals surface area contributed by atoms with Gasteiger partial charge >= 0.3 is 0 Å². The average Bonchev–Trinajstić information content (AvgIpc) is 2.84. The van der Waals surface area contributed by atoms with Gasteiger partial charge in [-0.1, -0.05) is 18.2 Å². The van der Waals surface area contributed by atoms with Crippen LogP contribution >= 0.6 is 0 Å². The molecule has 2 aliphatic rings. The lowest BCUT2D eigenvalue weighted by atomic mass is 10.2. The number of benzene rings is 1. The molecule has 4 rings (SSSR count). The average molecular weight is 409 g/mol. The summed E-state index contributed by atoms with van der Waals surface area (Å²) in [7, 11) is 1.88. The topological polar surface area (TPSA) is 63.1 Å². The van der Waals surface area contributed by atoms with Crippen LogP contribution in [0, 0.1) is 0 Å². The summed E-state index contributed by atoms with van der Waals surface area (Å²) < 4.78 is 0. The number of hydrogen-bond donors (Lipinski definition) is 1. The molecule has 160 valence electrons. The molecule has 3 heterocycles. The molecule has 0 unspecified atom stereocenters. The summed E-state index contributed by atoms with van der Waals surface area (Å²) in [5.41, 5.74) is 1.31. The highest BCUT2D eigenvalue weighted by Crippen LogP contribution is 2.15. The van der Waals surface area contributed by atoms with Gasteiger partial charge in [0.05, 0.1) is 0 Å². The third-order valence-corrected chi connectivity index (χ3v) is 5.83. The van der Waals surface area contributed by atoms with Crippen LogP contribution in [0.4, 0.5) is 11.6 Å². The Bertz CT molecular complexity index is 781. The third-order valence-electron chi connectivity index (χ3n) is 5.83. The van der Waals surface area contributed by atoms with Gasteiger partial charge < -0.3 is 20.0 Å². The van der Waals surface area contributed by atoms with Crippen LogP contribution < -0.4 is 15.1 Å². The molecule has 2 aliphatic heterocycles. The molecule has 30 heavy (non-hydrogen) atoms. The smallest absolute Gasteiger partial charge is 0.225 e. The second-order valence-corrected chi connectivity index (χ2v) is 7.66. The maximum Gasteiger partial charge on any atom is 0.225 e. The van der Waals surface area contributed by atoms with Gasteiger partial charge in [-0.05, 0) is 18.2 Å². The van der Waals surface area contributed by atoms with E-state index in [1.165, 1.54) is 5.69 Å². The Morgan fingerprint density at radius 2 is 1.53 bits per heavy atom. The minimum Gasteiger partial charge on any atom is -0.368 e. The molecule has 0 radical (unpaired) electrons. The van der Waals surface area contributed by atoms with Crippen LogP contribution in [0.3, 0.4) is 0 Å². The predicted octanol–water partition coefficient (Wildman–Crippen LogP) is 0.996. The number of nitrogens with one attached hydrogen (secondary N) is 1. The summed E-state index contributed by atoms with van der Waals surface area (Å²) in [4.78, 5) is 22.8. The van der Waals surface area contributed by atoms with Gasteiger partial charge in [-0.2, -0.15) is 0 Å². The number of piperazine rings is 2. The SMILES string of the molecule is CN=C(NCCN1CCN(c2ncccn2)CC1)N1CCN(c2ccccc2)CC1. The number of aromatic nitrogens is 2. The summed E-state index contributed by atoms with van der Waals surface area (Å²) in [5, 5.41) is 3.56. The van der Waals surface area contributed by atoms with Gasteiger partial charge in [0.2, 0.25) is 5.95 Å². The van der Waals surface area contributed by atoms with E-state index in [0.29, 0.717) is 0 Å². The Morgan fingerprint density at radius 1 is 0.867 bits per heavy atom. The highest BCUT2D eigenvalue weighted by molar-refractivity contribution is 5.80. The van der Waals surface area contributed by atoms with E-state index in [0.717, 1.165) is 77.4 Å². The number of guanidine groups is 1. The van der Waals surface area contributed by atoms with Crippen molar-refractivity contribution in [2.45, 2.75) is 0 Å². The molecule has 2 fully saturated rings. The lowest BCUT2D eigenvalue weighted by molar-refractivity contribution is 0.258. The molecule has 8 heteroatoms. The van der Waals surface area contributed by atoms with E-state index in [1.807, 2.05) is 25.5 Å². The van der Waals surface area contributed by atoms with Crippen molar-refractivity contribution < 1.29 is 0 Å². The molecule has 2 saturated heterocycles. The molecule has 1 N–H and O–H groups in total. The van der Waals surface area contributed by atoms with Crippen LogP contribution in [0.25, 0.3) is 0 Å². The van der Waals surface area contributed by atoms with Crippen molar-refractivity contribution in [1.82, 2.24) is 25.1 Å². The summed E-state index contributed by atoms with van der Waals surface area (Å²) in [5.74, 6) is 1.85. The highest BCUT2D eigenvalue weighted by atomic mass is 15.4. The summed E-state index contributed by atoms with van der Waals surface area (Å²) in [6, 6.07) is 12.5. The second kappa shape index (κ2) is 10.2. The Labute approximate surface area is 179 Å². The lowest BCUT2D eigenvalue weighted by Gasteiger charge is -2.38. The molecule has 0 bridgehead atoms. The van der Waals surface area contributed by atoms with Crippen molar-refractivity contribution in [1.29, 1.82) is 0 Å². The van der Waals surface area contributed by atoms with Crippen LogP contribution in [-0.4, -0.2) is 98.2 Å². The van der Waals surface area contributed by atoms with E-state index >= 15 is 0 Å². The molecule has 0 aliphatic carbocycles. The van der Waals surface area contributed by atoms with Crippen molar-refractivity contribution >= 4 is 17.6 Å². The largest absolute Gasteiger partial charge is 0.368 e. The minimum absolute atomic E-state index is 0.838. The van der Waals surface area contributed by atoms with Crippen LogP contribution in [0.15, 0.2) is 53.8 Å². The zero-order valence-corrected chi connectivity index (χ0v) is 17.8. The molecule has 8 nitrogen and oxygen atoms in total. The van der Waals surface area contributed by atoms with Gasteiger partial charge in [0.1, 0.15) is 0 Å². The molecule has 0 saturated carbocycles. The maximum atomic E-state index is 4.51. The van der Waals surface area contributed by atoms with E-state index < -0.39 is 0 Å². The number of nitrogens with zero attached hydrogens (tertiary/aromatic N) is 7. The molecule has 0 amide bonds. The number of hydrogen-bond acceptors (Lipinski definition) is 6. The van der Waals surface area contributed by atoms with E-state index in [2.05, 4.69) is 70.2 Å². The van der Waals surface area contributed by atoms with Gasteiger partial charge in [0, 0.05) is 90.6 Å². The van der Waals surface area contributed by atoms with Gasteiger partial charge in [0.15, 0.2) is 5.96 Å². The fourth-order valence-corrected chi connectivity index (χ4v) is 4.10. The van der Waals surface area contributed by atoms with Gasteiger partial charge in [-0.15, -0.1) is 0 Å². The lowest BCUT2D eigenvalue weighted by Crippen LogP contribution is -2.54. The molecule has 1 aromatic heterocycles. The normalized spacial score (nSPS) is 18.6. The zero-order valence-electron chi connectivity index (χ0n) is 17.8. The second-order valence-electron chi connectivity index (χ2n) is 7.66. The van der Waals surface area contributed by atoms with Crippen LogP contribution in [0.2, 0.25) is 0 Å². The first-order valence-electron chi connectivity index (χ1n) is 10.8. The fourth-order valence-electron chi connectivity index (χ4n) is 4.10. The van der Waals surface area contributed by atoms with Crippen molar-refractivity contribution in [2.75, 3.05) is 82.3 Å². The van der Waals surface area contributed by atoms with E-state index in [-0.39, 0.29) is 0 Å². The third kappa shape index (κ3) is 5.18. The highest BCUT2D eigenvalue weighted by Gasteiger charge is 2.21. The standard InChI is InChI=1S/C22H32N8/c1-23-21(29-18-16-28(17-19-29)20-6-3-2-4-7-20)26-10-11-27-12-14-30(15-13-27)22-24-8-5-9-25-22/h2-9H,10-19H2,1H3,(H,23,26).